The van der Waals surface area contributed by atoms with Crippen molar-refractivity contribution in [1.29, 1.82) is 0 Å². The van der Waals surface area contributed by atoms with Crippen molar-refractivity contribution in [2.75, 3.05) is 0 Å². The average molecular weight is 271 g/mol. The zero-order valence-electron chi connectivity index (χ0n) is 10.9. The van der Waals surface area contributed by atoms with E-state index in [1.165, 1.54) is 5.39 Å². The number of hydrogen-bond donors (Lipinski definition) is 1. The summed E-state index contributed by atoms with van der Waals surface area (Å²) in [6.07, 6.45) is 6.76. The van der Waals surface area contributed by atoms with Crippen LogP contribution >= 0.6 is 12.2 Å². The first-order chi connectivity index (χ1) is 9.31. The van der Waals surface area contributed by atoms with E-state index >= 15 is 0 Å². The molecule has 0 aliphatic carbocycles. The molecule has 3 nitrogen and oxygen atoms in total. The Hall–Kier alpha value is -1.94. The van der Waals surface area contributed by atoms with Gasteiger partial charge in [0.15, 0.2) is 4.77 Å². The lowest BCUT2D eigenvalue weighted by Crippen LogP contribution is -1.93. The second kappa shape index (κ2) is 6.85. The van der Waals surface area contributed by atoms with Crippen molar-refractivity contribution in [3.63, 3.8) is 0 Å². The molecule has 0 amide bonds. The highest BCUT2D eigenvalue weighted by atomic mass is 32.1. The molecule has 1 N–H and O–H groups in total. The Kier molecular flexibility index (Phi) is 4.86. The lowest BCUT2D eigenvalue weighted by atomic mass is 10.2. The molecule has 0 atom stereocenters. The van der Waals surface area contributed by atoms with Gasteiger partial charge in [-0.3, -0.25) is 4.98 Å². The quantitative estimate of drug-likeness (QED) is 0.709. The van der Waals surface area contributed by atoms with E-state index in [1.54, 1.807) is 0 Å². The average Bonchev–Trinajstić information content (AvgIpc) is 2.86. The maximum absolute atomic E-state index is 4.96. The topological polar surface area (TPSA) is 33.6 Å². The molecule has 98 valence electrons. The Labute approximate surface area is 117 Å². The lowest BCUT2D eigenvalue weighted by Gasteiger charge is -1.94. The second-order valence-corrected chi connectivity index (χ2v) is 4.54. The van der Waals surface area contributed by atoms with E-state index in [2.05, 4.69) is 29.0 Å². The van der Waals surface area contributed by atoms with Gasteiger partial charge < -0.3 is 9.55 Å². The Balaban J connectivity index is 0.000000141. The normalized spacial score (nSPS) is 9.95. The van der Waals surface area contributed by atoms with E-state index in [1.807, 2.05) is 47.4 Å². The predicted molar refractivity (Wildman–Crippen MR) is 81.7 cm³/mol. The number of para-hydroxylation sites is 1. The summed E-state index contributed by atoms with van der Waals surface area (Å²) in [5.74, 6) is 0. The fourth-order valence-corrected chi connectivity index (χ4v) is 2.00. The van der Waals surface area contributed by atoms with Crippen LogP contribution in [0.3, 0.4) is 0 Å². The Morgan fingerprint density at radius 1 is 1.21 bits per heavy atom. The number of fused-ring (bicyclic) bond motifs is 1. The number of aromatic amines is 1. The van der Waals surface area contributed by atoms with E-state index in [-0.39, 0.29) is 0 Å². The van der Waals surface area contributed by atoms with Gasteiger partial charge in [-0.25, -0.2) is 0 Å². The van der Waals surface area contributed by atoms with Crippen molar-refractivity contribution in [1.82, 2.24) is 14.5 Å². The van der Waals surface area contributed by atoms with Crippen molar-refractivity contribution in [3.05, 3.63) is 59.8 Å². The fraction of sp³-hybridized carbons (Fsp3) is 0.200. The van der Waals surface area contributed by atoms with Crippen LogP contribution in [0.4, 0.5) is 0 Å². The van der Waals surface area contributed by atoms with Crippen LogP contribution in [0, 0.1) is 4.77 Å². The van der Waals surface area contributed by atoms with Crippen LogP contribution in [-0.2, 0) is 6.54 Å². The first-order valence-electron chi connectivity index (χ1n) is 6.35. The second-order valence-electron chi connectivity index (χ2n) is 4.15. The van der Waals surface area contributed by atoms with E-state index in [9.17, 15) is 0 Å². The molecule has 2 aromatic heterocycles. The minimum atomic E-state index is 0.817. The summed E-state index contributed by atoms with van der Waals surface area (Å²) >= 11 is 4.96. The van der Waals surface area contributed by atoms with Gasteiger partial charge in [0, 0.05) is 30.5 Å². The maximum atomic E-state index is 4.96. The third-order valence-electron chi connectivity index (χ3n) is 2.70. The van der Waals surface area contributed by atoms with Crippen molar-refractivity contribution in [2.24, 2.45) is 0 Å². The number of pyridine rings is 1. The molecule has 0 fully saturated rings. The predicted octanol–water partition coefficient (Wildman–Crippen LogP) is 4.19. The number of nitrogens with one attached hydrogen (secondary N) is 1. The maximum Gasteiger partial charge on any atom is 0.177 e. The number of hydrogen-bond acceptors (Lipinski definition) is 2. The standard InChI is InChI=1S/C9H7N.C6H10N2S/c1-2-6-9-8(4-1)5-3-7-10-9;1-2-4-8-5-3-7-6(8)9/h1-7H;3,5H,2,4H2,1H3,(H,7,9). The number of imidazole rings is 1. The first-order valence-corrected chi connectivity index (χ1v) is 6.75. The van der Waals surface area contributed by atoms with Gasteiger partial charge >= 0.3 is 0 Å². The molecule has 0 bridgehead atoms. The Morgan fingerprint density at radius 2 is 2.00 bits per heavy atom. The van der Waals surface area contributed by atoms with Gasteiger partial charge in [0.2, 0.25) is 0 Å². The molecular formula is C15H17N3S. The molecule has 19 heavy (non-hydrogen) atoms. The van der Waals surface area contributed by atoms with Crippen molar-refractivity contribution >= 4 is 23.1 Å². The molecular weight excluding hydrogens is 254 g/mol. The molecule has 0 saturated carbocycles. The van der Waals surface area contributed by atoms with E-state index < -0.39 is 0 Å². The molecule has 3 rings (SSSR count). The molecule has 2 heterocycles. The highest BCUT2D eigenvalue weighted by Crippen LogP contribution is 2.07. The third kappa shape index (κ3) is 3.76. The zero-order chi connectivity index (χ0) is 13.5. The number of rotatable bonds is 2. The van der Waals surface area contributed by atoms with Crippen molar-refractivity contribution in [3.8, 4) is 0 Å². The molecule has 4 heteroatoms. The molecule has 3 aromatic rings. The number of aryl methyl sites for hydroxylation is 1. The molecule has 0 aliphatic rings. The van der Waals surface area contributed by atoms with Crippen LogP contribution in [0.15, 0.2) is 55.0 Å². The summed E-state index contributed by atoms with van der Waals surface area (Å²) in [7, 11) is 0. The Morgan fingerprint density at radius 3 is 2.68 bits per heavy atom. The number of nitrogens with zero attached hydrogens (tertiary/aromatic N) is 2. The van der Waals surface area contributed by atoms with Crippen LogP contribution in [0.1, 0.15) is 13.3 Å². The molecule has 0 saturated heterocycles. The van der Waals surface area contributed by atoms with Gasteiger partial charge in [-0.2, -0.15) is 0 Å². The fourth-order valence-electron chi connectivity index (χ4n) is 1.78. The summed E-state index contributed by atoms with van der Waals surface area (Å²) < 4.78 is 2.84. The minimum Gasteiger partial charge on any atom is -0.337 e. The largest absolute Gasteiger partial charge is 0.337 e. The third-order valence-corrected chi connectivity index (χ3v) is 3.05. The molecule has 0 radical (unpaired) electrons. The van der Waals surface area contributed by atoms with Crippen molar-refractivity contribution < 1.29 is 0 Å². The molecule has 0 unspecified atom stereocenters. The monoisotopic (exact) mass is 271 g/mol. The van der Waals surface area contributed by atoms with Crippen LogP contribution in [-0.4, -0.2) is 14.5 Å². The summed E-state index contributed by atoms with van der Waals surface area (Å²) in [4.78, 5) is 7.11. The number of aromatic nitrogens is 3. The van der Waals surface area contributed by atoms with Crippen LogP contribution in [0.5, 0.6) is 0 Å². The van der Waals surface area contributed by atoms with Gasteiger partial charge in [-0.1, -0.05) is 31.2 Å². The van der Waals surface area contributed by atoms with Crippen LogP contribution in [0.25, 0.3) is 10.9 Å². The van der Waals surface area contributed by atoms with E-state index in [4.69, 9.17) is 12.2 Å². The summed E-state index contributed by atoms with van der Waals surface area (Å²) in [5, 5.41) is 1.20. The van der Waals surface area contributed by atoms with Gasteiger partial charge in [-0.05, 0) is 30.8 Å². The van der Waals surface area contributed by atoms with Gasteiger partial charge in [0.05, 0.1) is 5.52 Å². The highest BCUT2D eigenvalue weighted by Gasteiger charge is 1.87. The van der Waals surface area contributed by atoms with E-state index in [0.717, 1.165) is 23.3 Å². The van der Waals surface area contributed by atoms with Gasteiger partial charge in [0.1, 0.15) is 0 Å². The van der Waals surface area contributed by atoms with Crippen LogP contribution in [0.2, 0.25) is 0 Å². The van der Waals surface area contributed by atoms with Crippen LogP contribution < -0.4 is 0 Å². The highest BCUT2D eigenvalue weighted by molar-refractivity contribution is 7.71. The molecule has 0 spiro atoms. The summed E-state index contributed by atoms with van der Waals surface area (Å²) in [6.45, 7) is 3.15. The number of H-pyrrole nitrogens is 1. The smallest absolute Gasteiger partial charge is 0.177 e. The Bertz CT molecular complexity index is 619. The van der Waals surface area contributed by atoms with Gasteiger partial charge in [0.25, 0.3) is 0 Å². The first kappa shape index (κ1) is 13.5. The van der Waals surface area contributed by atoms with Gasteiger partial charge in [-0.15, -0.1) is 0 Å². The zero-order valence-corrected chi connectivity index (χ0v) is 11.7. The summed E-state index contributed by atoms with van der Waals surface area (Å²) in [6, 6.07) is 12.1. The minimum absolute atomic E-state index is 0.817. The molecule has 0 aliphatic heterocycles. The SMILES string of the molecule is CCCn1cc[nH]c1=S.c1ccc2ncccc2c1. The number of benzene rings is 1. The summed E-state index contributed by atoms with van der Waals surface area (Å²) in [5.41, 5.74) is 1.06. The van der Waals surface area contributed by atoms with E-state index in [0.29, 0.717) is 0 Å². The van der Waals surface area contributed by atoms with Crippen molar-refractivity contribution in [2.45, 2.75) is 19.9 Å². The lowest BCUT2D eigenvalue weighted by molar-refractivity contribution is 0.670. The molecule has 1 aromatic carbocycles.